The first-order valence-electron chi connectivity index (χ1n) is 4.69. The molecule has 0 spiro atoms. The number of nitrogens with two attached hydrogens (primary N) is 1. The largest absolute Gasteiger partial charge is 0.481 e. The molecule has 3 N–H and O–H groups in total. The highest BCUT2D eigenvalue weighted by Gasteiger charge is 2.35. The fourth-order valence-corrected chi connectivity index (χ4v) is 1.61. The highest BCUT2D eigenvalue weighted by molar-refractivity contribution is 5.98. The molecule has 0 saturated carbocycles. The Morgan fingerprint density at radius 3 is 2.94 bits per heavy atom. The van der Waals surface area contributed by atoms with E-state index < -0.39 is 11.9 Å². The molecule has 1 atom stereocenters. The van der Waals surface area contributed by atoms with Gasteiger partial charge in [-0.15, -0.1) is 0 Å². The van der Waals surface area contributed by atoms with Gasteiger partial charge in [0.15, 0.2) is 0 Å². The minimum atomic E-state index is -0.974. The summed E-state index contributed by atoms with van der Waals surface area (Å²) in [6.45, 7) is 0.130. The van der Waals surface area contributed by atoms with Crippen LogP contribution in [0.2, 0.25) is 0 Å². The van der Waals surface area contributed by atoms with E-state index in [-0.39, 0.29) is 24.8 Å². The van der Waals surface area contributed by atoms with Crippen LogP contribution >= 0.6 is 0 Å². The zero-order valence-electron chi connectivity index (χ0n) is 8.33. The number of carboxylic acid groups (broad SMARTS) is 1. The summed E-state index contributed by atoms with van der Waals surface area (Å²) >= 11 is 0. The standard InChI is InChI=1S/C9H10N4O3/c10-9-11-2-1-6(12-9)13-4-5(8(15)16)3-7(13)14/h1-2,5H,3-4H2,(H,15,16)(H2,10,11,12). The van der Waals surface area contributed by atoms with E-state index in [9.17, 15) is 9.59 Å². The quantitative estimate of drug-likeness (QED) is 0.697. The molecule has 1 aromatic rings. The minimum absolute atomic E-state index is 0.000753. The molecule has 1 aliphatic heterocycles. The molecule has 1 unspecified atom stereocenters. The van der Waals surface area contributed by atoms with Crippen LogP contribution in [0.15, 0.2) is 12.3 Å². The van der Waals surface area contributed by atoms with E-state index in [2.05, 4.69) is 9.97 Å². The van der Waals surface area contributed by atoms with Gasteiger partial charge in [-0.25, -0.2) is 4.98 Å². The average molecular weight is 222 g/mol. The fraction of sp³-hybridized carbons (Fsp3) is 0.333. The second-order valence-corrected chi connectivity index (χ2v) is 3.52. The molecule has 1 saturated heterocycles. The van der Waals surface area contributed by atoms with Crippen molar-refractivity contribution in [2.45, 2.75) is 6.42 Å². The van der Waals surface area contributed by atoms with Gasteiger partial charge in [0.2, 0.25) is 11.9 Å². The Bertz CT molecular complexity index is 448. The second kappa shape index (κ2) is 3.76. The first-order valence-corrected chi connectivity index (χ1v) is 4.69. The van der Waals surface area contributed by atoms with Crippen molar-refractivity contribution in [2.75, 3.05) is 17.2 Å². The highest BCUT2D eigenvalue weighted by atomic mass is 16.4. The van der Waals surface area contributed by atoms with Gasteiger partial charge in [-0.05, 0) is 6.07 Å². The molecular formula is C9H10N4O3. The molecule has 1 amide bonds. The number of carbonyl (C=O) groups is 2. The third-order valence-electron chi connectivity index (χ3n) is 2.41. The van der Waals surface area contributed by atoms with Gasteiger partial charge in [-0.3, -0.25) is 14.5 Å². The topological polar surface area (TPSA) is 109 Å². The van der Waals surface area contributed by atoms with Gasteiger partial charge in [-0.1, -0.05) is 0 Å². The number of rotatable bonds is 2. The van der Waals surface area contributed by atoms with Crippen LogP contribution in [0.25, 0.3) is 0 Å². The molecular weight excluding hydrogens is 212 g/mol. The maximum absolute atomic E-state index is 11.6. The van der Waals surface area contributed by atoms with Gasteiger partial charge in [0.05, 0.1) is 5.92 Å². The van der Waals surface area contributed by atoms with E-state index in [0.29, 0.717) is 5.82 Å². The van der Waals surface area contributed by atoms with Crippen LogP contribution in [-0.2, 0) is 9.59 Å². The lowest BCUT2D eigenvalue weighted by Crippen LogP contribution is -2.26. The lowest BCUT2D eigenvalue weighted by molar-refractivity contribution is -0.141. The first kappa shape index (κ1) is 10.3. The third kappa shape index (κ3) is 1.79. The summed E-state index contributed by atoms with van der Waals surface area (Å²) in [5, 5.41) is 8.81. The van der Waals surface area contributed by atoms with Gasteiger partial charge >= 0.3 is 5.97 Å². The smallest absolute Gasteiger partial charge is 0.308 e. The number of nitrogens with zero attached hydrogens (tertiary/aromatic N) is 3. The van der Waals surface area contributed by atoms with E-state index in [1.807, 2.05) is 0 Å². The fourth-order valence-electron chi connectivity index (χ4n) is 1.61. The van der Waals surface area contributed by atoms with Crippen molar-refractivity contribution in [3.05, 3.63) is 12.3 Å². The van der Waals surface area contributed by atoms with E-state index >= 15 is 0 Å². The Balaban J connectivity index is 2.23. The van der Waals surface area contributed by atoms with Crippen LogP contribution in [0.5, 0.6) is 0 Å². The lowest BCUT2D eigenvalue weighted by atomic mass is 10.1. The molecule has 84 valence electrons. The molecule has 1 fully saturated rings. The van der Waals surface area contributed by atoms with E-state index in [4.69, 9.17) is 10.8 Å². The zero-order valence-corrected chi connectivity index (χ0v) is 8.33. The van der Waals surface area contributed by atoms with Gasteiger partial charge in [0, 0.05) is 19.2 Å². The number of amides is 1. The Labute approximate surface area is 90.9 Å². The van der Waals surface area contributed by atoms with Crippen molar-refractivity contribution in [3.8, 4) is 0 Å². The third-order valence-corrected chi connectivity index (χ3v) is 2.41. The predicted octanol–water partition coefficient (Wildman–Crippen LogP) is -0.504. The molecule has 7 heteroatoms. The molecule has 7 nitrogen and oxygen atoms in total. The van der Waals surface area contributed by atoms with E-state index in [1.54, 1.807) is 0 Å². The number of hydrogen-bond acceptors (Lipinski definition) is 5. The highest BCUT2D eigenvalue weighted by Crippen LogP contribution is 2.23. The predicted molar refractivity (Wildman–Crippen MR) is 54.5 cm³/mol. The number of carboxylic acids is 1. The number of anilines is 2. The van der Waals surface area contributed by atoms with Crippen LogP contribution < -0.4 is 10.6 Å². The van der Waals surface area contributed by atoms with Gasteiger partial charge < -0.3 is 10.8 Å². The molecule has 0 aliphatic carbocycles. The number of nitrogen functional groups attached to an aromatic ring is 1. The van der Waals surface area contributed by atoms with Crippen molar-refractivity contribution >= 4 is 23.6 Å². The molecule has 1 aliphatic rings. The average Bonchev–Trinajstić information content (AvgIpc) is 2.60. The van der Waals surface area contributed by atoms with Crippen molar-refractivity contribution in [2.24, 2.45) is 5.92 Å². The van der Waals surface area contributed by atoms with Crippen LogP contribution in [0, 0.1) is 5.92 Å². The second-order valence-electron chi connectivity index (χ2n) is 3.52. The van der Waals surface area contributed by atoms with Crippen LogP contribution in [0.4, 0.5) is 11.8 Å². The van der Waals surface area contributed by atoms with Crippen LogP contribution in [-0.4, -0.2) is 33.5 Å². The van der Waals surface area contributed by atoms with Crippen molar-refractivity contribution in [3.63, 3.8) is 0 Å². The summed E-state index contributed by atoms with van der Waals surface area (Å²) in [5.41, 5.74) is 5.39. The molecule has 2 rings (SSSR count). The number of carbonyl (C=O) groups excluding carboxylic acids is 1. The molecule has 16 heavy (non-hydrogen) atoms. The first-order chi connectivity index (χ1) is 7.58. The summed E-state index contributed by atoms with van der Waals surface area (Å²) in [4.78, 5) is 31.2. The molecule has 0 bridgehead atoms. The summed E-state index contributed by atoms with van der Waals surface area (Å²) in [7, 11) is 0. The van der Waals surface area contributed by atoms with Crippen molar-refractivity contribution < 1.29 is 14.7 Å². The van der Waals surface area contributed by atoms with Crippen LogP contribution in [0.3, 0.4) is 0 Å². The SMILES string of the molecule is Nc1nccc(N2CC(C(=O)O)CC2=O)n1. The maximum atomic E-state index is 11.6. The van der Waals surface area contributed by atoms with Crippen LogP contribution in [0.1, 0.15) is 6.42 Å². The monoisotopic (exact) mass is 222 g/mol. The normalized spacial score (nSPS) is 20.1. The summed E-state index contributed by atoms with van der Waals surface area (Å²) in [5.74, 6) is -1.50. The molecule has 2 heterocycles. The Hall–Kier alpha value is -2.18. The van der Waals surface area contributed by atoms with Crippen molar-refractivity contribution in [1.82, 2.24) is 9.97 Å². The Kier molecular flexibility index (Phi) is 2.43. The van der Waals surface area contributed by atoms with E-state index in [1.165, 1.54) is 17.2 Å². The maximum Gasteiger partial charge on any atom is 0.308 e. The molecule has 0 aromatic carbocycles. The Morgan fingerprint density at radius 1 is 1.62 bits per heavy atom. The van der Waals surface area contributed by atoms with Gasteiger partial charge in [-0.2, -0.15) is 4.98 Å². The minimum Gasteiger partial charge on any atom is -0.481 e. The molecule has 1 aromatic heterocycles. The number of aliphatic carboxylic acids is 1. The summed E-state index contributed by atoms with van der Waals surface area (Å²) < 4.78 is 0. The van der Waals surface area contributed by atoms with E-state index in [0.717, 1.165) is 0 Å². The van der Waals surface area contributed by atoms with Crippen molar-refractivity contribution in [1.29, 1.82) is 0 Å². The summed E-state index contributed by atoms with van der Waals surface area (Å²) in [6, 6.07) is 1.53. The Morgan fingerprint density at radius 2 is 2.38 bits per heavy atom. The molecule has 0 radical (unpaired) electrons. The number of hydrogen-bond donors (Lipinski definition) is 2. The zero-order chi connectivity index (χ0) is 11.7. The van der Waals surface area contributed by atoms with Gasteiger partial charge in [0.1, 0.15) is 5.82 Å². The summed E-state index contributed by atoms with van der Waals surface area (Å²) in [6.07, 6.45) is 1.43. The number of aromatic nitrogens is 2. The van der Waals surface area contributed by atoms with Gasteiger partial charge in [0.25, 0.3) is 0 Å². The lowest BCUT2D eigenvalue weighted by Gasteiger charge is -2.14.